The van der Waals surface area contributed by atoms with E-state index in [-0.39, 0.29) is 12.2 Å². The van der Waals surface area contributed by atoms with E-state index in [1.54, 1.807) is 0 Å². The Balaban J connectivity index is 2.45. The van der Waals surface area contributed by atoms with Crippen LogP contribution in [0.15, 0.2) is 28.7 Å². The summed E-state index contributed by atoms with van der Waals surface area (Å²) < 4.78 is 22.8. The fourth-order valence-corrected chi connectivity index (χ4v) is 2.31. The third-order valence-corrected chi connectivity index (χ3v) is 3.71. The lowest BCUT2D eigenvalue weighted by Gasteiger charge is -2.09. The zero-order valence-corrected chi connectivity index (χ0v) is 11.5. The van der Waals surface area contributed by atoms with Crippen LogP contribution in [-0.2, 0) is 16.3 Å². The molecule has 3 nitrogen and oxygen atoms in total. The Morgan fingerprint density at radius 1 is 1.31 bits per heavy atom. The monoisotopic (exact) mass is 306 g/mol. The highest BCUT2D eigenvalue weighted by molar-refractivity contribution is 9.10. The van der Waals surface area contributed by atoms with Gasteiger partial charge in [0.05, 0.1) is 11.9 Å². The van der Waals surface area contributed by atoms with Crippen LogP contribution in [0.1, 0.15) is 12.0 Å². The molecule has 1 unspecified atom stereocenters. The number of benzene rings is 1. The van der Waals surface area contributed by atoms with Crippen molar-refractivity contribution in [1.29, 1.82) is 0 Å². The summed E-state index contributed by atoms with van der Waals surface area (Å²) in [5, 5.41) is 9.66. The van der Waals surface area contributed by atoms with Crippen LogP contribution < -0.4 is 0 Å². The standard InChI is InChI=1S/C11H15BrO3S/c1-16(14,15)7-6-11(13)8-9-2-4-10(12)5-3-9/h2-5,11,13H,6-8H2,1H3. The molecule has 1 N–H and O–H groups in total. The van der Waals surface area contributed by atoms with Crippen molar-refractivity contribution in [1.82, 2.24) is 0 Å². The minimum Gasteiger partial charge on any atom is -0.393 e. The van der Waals surface area contributed by atoms with Crippen LogP contribution in [0, 0.1) is 0 Å². The van der Waals surface area contributed by atoms with E-state index in [9.17, 15) is 13.5 Å². The molecule has 0 saturated heterocycles. The van der Waals surface area contributed by atoms with E-state index in [0.29, 0.717) is 6.42 Å². The van der Waals surface area contributed by atoms with Crippen molar-refractivity contribution >= 4 is 25.8 Å². The van der Waals surface area contributed by atoms with Gasteiger partial charge in [0.1, 0.15) is 9.84 Å². The fraction of sp³-hybridized carbons (Fsp3) is 0.455. The third kappa shape index (κ3) is 5.63. The van der Waals surface area contributed by atoms with Gasteiger partial charge in [0, 0.05) is 10.7 Å². The van der Waals surface area contributed by atoms with Crippen molar-refractivity contribution in [3.05, 3.63) is 34.3 Å². The van der Waals surface area contributed by atoms with Crippen molar-refractivity contribution in [2.45, 2.75) is 18.9 Å². The molecule has 0 bridgehead atoms. The van der Waals surface area contributed by atoms with Crippen molar-refractivity contribution in [3.63, 3.8) is 0 Å². The van der Waals surface area contributed by atoms with Gasteiger partial charge < -0.3 is 5.11 Å². The molecule has 5 heteroatoms. The molecule has 0 aliphatic heterocycles. The normalized spacial score (nSPS) is 13.7. The number of sulfone groups is 1. The molecule has 1 rings (SSSR count). The Bertz CT molecular complexity index is 425. The van der Waals surface area contributed by atoms with Gasteiger partial charge in [-0.1, -0.05) is 28.1 Å². The predicted molar refractivity (Wildman–Crippen MR) is 68.2 cm³/mol. The first-order valence-electron chi connectivity index (χ1n) is 4.97. The summed E-state index contributed by atoms with van der Waals surface area (Å²) in [6.07, 6.45) is 1.35. The Morgan fingerprint density at radius 3 is 2.38 bits per heavy atom. The van der Waals surface area contributed by atoms with Gasteiger partial charge in [0.15, 0.2) is 0 Å². The maximum atomic E-state index is 10.9. The quantitative estimate of drug-likeness (QED) is 0.902. The number of rotatable bonds is 5. The summed E-state index contributed by atoms with van der Waals surface area (Å²) in [4.78, 5) is 0. The summed E-state index contributed by atoms with van der Waals surface area (Å²) in [7, 11) is -2.99. The van der Waals surface area contributed by atoms with Crippen molar-refractivity contribution in [2.75, 3.05) is 12.0 Å². The smallest absolute Gasteiger partial charge is 0.147 e. The van der Waals surface area contributed by atoms with E-state index in [0.717, 1.165) is 10.0 Å². The second-order valence-corrected chi connectivity index (χ2v) is 7.08. The van der Waals surface area contributed by atoms with Gasteiger partial charge in [0.25, 0.3) is 0 Å². The zero-order chi connectivity index (χ0) is 12.2. The van der Waals surface area contributed by atoms with Gasteiger partial charge in [-0.2, -0.15) is 0 Å². The fourth-order valence-electron chi connectivity index (χ4n) is 1.34. The minimum atomic E-state index is -2.99. The van der Waals surface area contributed by atoms with Crippen LogP contribution in [0.3, 0.4) is 0 Å². The van der Waals surface area contributed by atoms with E-state index in [4.69, 9.17) is 0 Å². The highest BCUT2D eigenvalue weighted by Crippen LogP contribution is 2.13. The van der Waals surface area contributed by atoms with Crippen molar-refractivity contribution < 1.29 is 13.5 Å². The predicted octanol–water partition coefficient (Wildman–Crippen LogP) is 1.79. The Morgan fingerprint density at radius 2 is 1.88 bits per heavy atom. The second kappa shape index (κ2) is 5.80. The van der Waals surface area contributed by atoms with Crippen molar-refractivity contribution in [3.8, 4) is 0 Å². The molecule has 0 spiro atoms. The molecule has 0 aliphatic rings. The highest BCUT2D eigenvalue weighted by atomic mass is 79.9. The maximum Gasteiger partial charge on any atom is 0.147 e. The first kappa shape index (κ1) is 13.7. The van der Waals surface area contributed by atoms with Crippen LogP contribution >= 0.6 is 15.9 Å². The molecule has 16 heavy (non-hydrogen) atoms. The van der Waals surface area contributed by atoms with Gasteiger partial charge in [-0.3, -0.25) is 0 Å². The summed E-state index contributed by atoms with van der Waals surface area (Å²) in [6.45, 7) is 0. The van der Waals surface area contributed by atoms with Crippen LogP contribution in [0.5, 0.6) is 0 Å². The van der Waals surface area contributed by atoms with E-state index in [1.165, 1.54) is 6.26 Å². The van der Waals surface area contributed by atoms with Crippen molar-refractivity contribution in [2.24, 2.45) is 0 Å². The molecule has 0 saturated carbocycles. The largest absolute Gasteiger partial charge is 0.393 e. The summed E-state index contributed by atoms with van der Waals surface area (Å²) in [5.74, 6) is 0.0324. The van der Waals surface area contributed by atoms with E-state index >= 15 is 0 Å². The lowest BCUT2D eigenvalue weighted by atomic mass is 10.1. The summed E-state index contributed by atoms with van der Waals surface area (Å²) in [5.41, 5.74) is 1.00. The second-order valence-electron chi connectivity index (χ2n) is 3.90. The topological polar surface area (TPSA) is 54.4 Å². The first-order chi connectivity index (χ1) is 7.37. The molecular weight excluding hydrogens is 292 g/mol. The van der Waals surface area contributed by atoms with E-state index in [1.807, 2.05) is 24.3 Å². The SMILES string of the molecule is CS(=O)(=O)CCC(O)Cc1ccc(Br)cc1. The van der Waals surface area contributed by atoms with Gasteiger partial charge >= 0.3 is 0 Å². The summed E-state index contributed by atoms with van der Waals surface area (Å²) in [6, 6.07) is 7.62. The Kier molecular flexibility index (Phi) is 4.95. The maximum absolute atomic E-state index is 10.9. The highest BCUT2D eigenvalue weighted by Gasteiger charge is 2.09. The lowest BCUT2D eigenvalue weighted by Crippen LogP contribution is -2.16. The van der Waals surface area contributed by atoms with Gasteiger partial charge in [-0.25, -0.2) is 8.42 Å². The van der Waals surface area contributed by atoms with Crippen LogP contribution in [0.4, 0.5) is 0 Å². The molecule has 1 aromatic rings. The van der Waals surface area contributed by atoms with Crippen LogP contribution in [0.2, 0.25) is 0 Å². The number of halogens is 1. The number of hydrogen-bond donors (Lipinski definition) is 1. The summed E-state index contributed by atoms with van der Waals surface area (Å²) >= 11 is 3.33. The first-order valence-corrected chi connectivity index (χ1v) is 7.82. The molecule has 0 aromatic heterocycles. The average Bonchev–Trinajstić information content (AvgIpc) is 2.18. The Hall–Kier alpha value is -0.390. The van der Waals surface area contributed by atoms with Gasteiger partial charge in [-0.15, -0.1) is 0 Å². The minimum absolute atomic E-state index is 0.0324. The number of aliphatic hydroxyl groups excluding tert-OH is 1. The molecule has 0 aliphatic carbocycles. The lowest BCUT2D eigenvalue weighted by molar-refractivity contribution is 0.171. The molecule has 0 radical (unpaired) electrons. The van der Waals surface area contributed by atoms with Crippen LogP contribution in [-0.4, -0.2) is 31.6 Å². The van der Waals surface area contributed by atoms with E-state index in [2.05, 4.69) is 15.9 Å². The molecular formula is C11H15BrO3S. The molecule has 1 atom stereocenters. The van der Waals surface area contributed by atoms with Gasteiger partial charge in [-0.05, 0) is 30.5 Å². The van der Waals surface area contributed by atoms with Crippen LogP contribution in [0.25, 0.3) is 0 Å². The zero-order valence-electron chi connectivity index (χ0n) is 9.06. The third-order valence-electron chi connectivity index (χ3n) is 2.21. The van der Waals surface area contributed by atoms with E-state index < -0.39 is 15.9 Å². The molecule has 0 amide bonds. The average molecular weight is 307 g/mol. The Labute approximate surface area is 105 Å². The molecule has 0 fully saturated rings. The van der Waals surface area contributed by atoms with Gasteiger partial charge in [0.2, 0.25) is 0 Å². The molecule has 90 valence electrons. The molecule has 1 aromatic carbocycles. The number of hydrogen-bond acceptors (Lipinski definition) is 3. The number of aliphatic hydroxyl groups is 1. The molecule has 0 heterocycles.